The van der Waals surface area contributed by atoms with Crippen LogP contribution in [0.4, 0.5) is 27.8 Å². The first-order valence-corrected chi connectivity index (χ1v) is 11.2. The summed E-state index contributed by atoms with van der Waals surface area (Å²) in [6, 6.07) is 2.22. The highest BCUT2D eigenvalue weighted by atomic mass is 19.4. The van der Waals surface area contributed by atoms with Crippen molar-refractivity contribution in [2.45, 2.75) is 49.9 Å². The van der Waals surface area contributed by atoms with Gasteiger partial charge in [-0.15, -0.1) is 0 Å². The van der Waals surface area contributed by atoms with Gasteiger partial charge in [0.25, 0.3) is 0 Å². The third kappa shape index (κ3) is 3.16. The third-order valence-electron chi connectivity index (χ3n) is 7.24. The molecule has 0 radical (unpaired) electrons. The molecule has 2 aromatic heterocycles. The van der Waals surface area contributed by atoms with Gasteiger partial charge in [0.2, 0.25) is 0 Å². The van der Waals surface area contributed by atoms with E-state index in [0.29, 0.717) is 42.5 Å². The maximum absolute atomic E-state index is 14.9. The summed E-state index contributed by atoms with van der Waals surface area (Å²) in [5, 5.41) is 14.6. The number of ether oxygens (including phenoxy) is 1. The van der Waals surface area contributed by atoms with Crippen molar-refractivity contribution in [2.75, 3.05) is 24.7 Å². The van der Waals surface area contributed by atoms with Gasteiger partial charge >= 0.3 is 6.18 Å². The van der Waals surface area contributed by atoms with Crippen LogP contribution in [0, 0.1) is 11.6 Å². The van der Waals surface area contributed by atoms with Crippen LogP contribution in [0.1, 0.15) is 43.7 Å². The van der Waals surface area contributed by atoms with Gasteiger partial charge < -0.3 is 14.7 Å². The number of pyridine rings is 1. The van der Waals surface area contributed by atoms with Gasteiger partial charge in [-0.1, -0.05) is 0 Å². The van der Waals surface area contributed by atoms with Crippen molar-refractivity contribution in [3.8, 4) is 17.0 Å². The number of hydrogen-bond acceptors (Lipinski definition) is 5. The Bertz CT molecular complexity index is 1300. The van der Waals surface area contributed by atoms with E-state index < -0.39 is 34.7 Å². The van der Waals surface area contributed by atoms with E-state index in [0.717, 1.165) is 32.1 Å². The number of aromatic nitrogens is 3. The third-order valence-corrected chi connectivity index (χ3v) is 7.24. The Morgan fingerprint density at radius 1 is 1.12 bits per heavy atom. The number of anilines is 1. The lowest BCUT2D eigenvalue weighted by atomic mass is 9.93. The first kappa shape index (κ1) is 21.6. The maximum Gasteiger partial charge on any atom is 0.419 e. The first-order valence-electron chi connectivity index (χ1n) is 11.2. The lowest BCUT2D eigenvalue weighted by Gasteiger charge is -2.37. The molecular formula is C23H21F5N4O2. The number of rotatable bonds is 3. The summed E-state index contributed by atoms with van der Waals surface area (Å²) < 4.78 is 76.4. The summed E-state index contributed by atoms with van der Waals surface area (Å²) in [7, 11) is 0. The molecule has 3 aromatic rings. The zero-order chi connectivity index (χ0) is 23.8. The van der Waals surface area contributed by atoms with Crippen LogP contribution in [0.25, 0.3) is 22.2 Å². The van der Waals surface area contributed by atoms with Gasteiger partial charge in [0.1, 0.15) is 11.5 Å². The summed E-state index contributed by atoms with van der Waals surface area (Å²) in [5.74, 6) is -4.50. The Morgan fingerprint density at radius 2 is 1.88 bits per heavy atom. The topological polar surface area (TPSA) is 63.4 Å². The van der Waals surface area contributed by atoms with Crippen LogP contribution >= 0.6 is 0 Å². The highest BCUT2D eigenvalue weighted by Crippen LogP contribution is 2.47. The minimum Gasteiger partial charge on any atom is -0.503 e. The molecule has 1 spiro atoms. The largest absolute Gasteiger partial charge is 0.503 e. The summed E-state index contributed by atoms with van der Waals surface area (Å²) in [6.45, 7) is 1.84. The molecule has 0 unspecified atom stereocenters. The number of hydrogen-bond donors (Lipinski definition) is 1. The Morgan fingerprint density at radius 3 is 2.53 bits per heavy atom. The van der Waals surface area contributed by atoms with Crippen LogP contribution in [0.5, 0.6) is 5.75 Å². The van der Waals surface area contributed by atoms with E-state index in [4.69, 9.17) is 4.74 Å². The second-order valence-electron chi connectivity index (χ2n) is 9.31. The lowest BCUT2D eigenvalue weighted by molar-refractivity contribution is -0.140. The molecule has 180 valence electrons. The Balaban J connectivity index is 1.54. The van der Waals surface area contributed by atoms with E-state index in [-0.39, 0.29) is 17.3 Å². The standard InChI is InChI=1S/C23H21F5N4O2/c24-18-13(8-15(23(26,27)28)19(25)21(18)33)20-14-10-29-17(31-6-7-34-11-22(31)4-5-22)9-16(14)32(30-20)12-2-1-3-12/h8-10,12,33H,1-7,11H2. The second kappa shape index (κ2) is 7.27. The van der Waals surface area contributed by atoms with Gasteiger partial charge in [0.05, 0.1) is 35.9 Å². The van der Waals surface area contributed by atoms with Crippen molar-refractivity contribution in [1.82, 2.24) is 14.8 Å². The van der Waals surface area contributed by atoms with Gasteiger partial charge in [-0.2, -0.15) is 18.3 Å². The number of aromatic hydroxyl groups is 1. The zero-order valence-electron chi connectivity index (χ0n) is 18.0. The van der Waals surface area contributed by atoms with Crippen LogP contribution in [-0.2, 0) is 10.9 Å². The summed E-state index contributed by atoms with van der Waals surface area (Å²) in [5.41, 5.74) is -1.94. The van der Waals surface area contributed by atoms with Crippen molar-refractivity contribution in [3.63, 3.8) is 0 Å². The van der Waals surface area contributed by atoms with Crippen LogP contribution < -0.4 is 4.90 Å². The summed E-state index contributed by atoms with van der Waals surface area (Å²) in [6.07, 6.45) is 0.980. The molecular weight excluding hydrogens is 459 g/mol. The monoisotopic (exact) mass is 480 g/mol. The number of phenolic OH excluding ortho intramolecular Hbond substituents is 1. The fourth-order valence-electron chi connectivity index (χ4n) is 4.93. The molecule has 34 heavy (non-hydrogen) atoms. The number of fused-ring (bicyclic) bond motifs is 1. The maximum atomic E-state index is 14.9. The number of nitrogens with zero attached hydrogens (tertiary/aromatic N) is 4. The van der Waals surface area contributed by atoms with E-state index in [1.807, 2.05) is 6.07 Å². The molecule has 11 heteroatoms. The van der Waals surface area contributed by atoms with E-state index in [2.05, 4.69) is 15.0 Å². The Kier molecular flexibility index (Phi) is 4.61. The van der Waals surface area contributed by atoms with E-state index in [1.54, 1.807) is 4.68 Å². The molecule has 0 atom stereocenters. The van der Waals surface area contributed by atoms with Crippen molar-refractivity contribution in [3.05, 3.63) is 35.5 Å². The number of morpholine rings is 1. The fraction of sp³-hybridized carbons (Fsp3) is 0.478. The van der Waals surface area contributed by atoms with E-state index >= 15 is 0 Å². The Labute approximate surface area is 190 Å². The predicted molar refractivity (Wildman–Crippen MR) is 113 cm³/mol. The minimum atomic E-state index is -5.11. The fourth-order valence-corrected chi connectivity index (χ4v) is 4.93. The molecule has 6 rings (SSSR count). The molecule has 1 aromatic carbocycles. The molecule has 2 saturated carbocycles. The smallest absolute Gasteiger partial charge is 0.419 e. The van der Waals surface area contributed by atoms with Crippen molar-refractivity contribution < 1.29 is 31.8 Å². The molecule has 1 aliphatic heterocycles. The number of benzene rings is 1. The van der Waals surface area contributed by atoms with Crippen molar-refractivity contribution >= 4 is 16.7 Å². The van der Waals surface area contributed by atoms with Gasteiger partial charge in [-0.05, 0) is 38.2 Å². The predicted octanol–water partition coefficient (Wildman–Crippen LogP) is 5.20. The number of phenols is 1. The number of halogens is 5. The molecule has 0 amide bonds. The molecule has 3 fully saturated rings. The first-order chi connectivity index (χ1) is 16.2. The molecule has 2 aliphatic carbocycles. The minimum absolute atomic E-state index is 0.0188. The van der Waals surface area contributed by atoms with Crippen LogP contribution in [0.3, 0.4) is 0 Å². The second-order valence-corrected chi connectivity index (χ2v) is 9.31. The molecule has 6 nitrogen and oxygen atoms in total. The summed E-state index contributed by atoms with van der Waals surface area (Å²) >= 11 is 0. The molecule has 3 aliphatic rings. The zero-order valence-corrected chi connectivity index (χ0v) is 18.0. The van der Waals surface area contributed by atoms with Gasteiger partial charge in [0, 0.05) is 29.8 Å². The van der Waals surface area contributed by atoms with E-state index in [1.165, 1.54) is 6.20 Å². The van der Waals surface area contributed by atoms with Crippen molar-refractivity contribution in [1.29, 1.82) is 0 Å². The van der Waals surface area contributed by atoms with Crippen molar-refractivity contribution in [2.24, 2.45) is 0 Å². The van der Waals surface area contributed by atoms with Gasteiger partial charge in [-0.3, -0.25) is 4.68 Å². The summed E-state index contributed by atoms with van der Waals surface area (Å²) in [4.78, 5) is 6.74. The average molecular weight is 480 g/mol. The van der Waals surface area contributed by atoms with Gasteiger partial charge in [-0.25, -0.2) is 13.8 Å². The van der Waals surface area contributed by atoms with Gasteiger partial charge in [0.15, 0.2) is 17.4 Å². The normalized spacial score (nSPS) is 20.2. The molecule has 3 heterocycles. The molecule has 0 bridgehead atoms. The molecule has 1 saturated heterocycles. The lowest BCUT2D eigenvalue weighted by Crippen LogP contribution is -2.48. The highest BCUT2D eigenvalue weighted by Gasteiger charge is 2.50. The number of alkyl halides is 3. The van der Waals surface area contributed by atoms with E-state index in [9.17, 15) is 27.1 Å². The quantitative estimate of drug-likeness (QED) is 0.523. The highest BCUT2D eigenvalue weighted by molar-refractivity contribution is 5.94. The molecule has 1 N–H and O–H groups in total. The van der Waals surface area contributed by atoms with Crippen LogP contribution in [-0.4, -0.2) is 45.2 Å². The van der Waals surface area contributed by atoms with Crippen LogP contribution in [0.2, 0.25) is 0 Å². The van der Waals surface area contributed by atoms with Crippen LogP contribution in [0.15, 0.2) is 18.3 Å². The average Bonchev–Trinajstić information content (AvgIpc) is 3.43. The SMILES string of the molecule is Oc1c(F)c(-c2nn(C3CCC3)c3cc(N4CCOCC45CC5)ncc23)cc(C(F)(F)F)c1F. The Hall–Kier alpha value is -2.95.